The van der Waals surface area contributed by atoms with E-state index in [2.05, 4.69) is 35.9 Å². The molecule has 1 aromatic carbocycles. The summed E-state index contributed by atoms with van der Waals surface area (Å²) in [6, 6.07) is 3.09. The Balaban J connectivity index is 1.41. The summed E-state index contributed by atoms with van der Waals surface area (Å²) < 4.78 is 20.3. The highest BCUT2D eigenvalue weighted by Crippen LogP contribution is 2.37. The lowest BCUT2D eigenvalue weighted by Crippen LogP contribution is -2.42. The number of allylic oxidation sites excluding steroid dienone is 8. The predicted molar refractivity (Wildman–Crippen MR) is 166 cm³/mol. The zero-order valence-corrected chi connectivity index (χ0v) is 25.6. The number of rotatable bonds is 10. The number of hydrogen-bond acceptors (Lipinski definition) is 4. The van der Waals surface area contributed by atoms with Crippen LogP contribution in [0.4, 0.5) is 4.39 Å². The molecule has 0 aromatic heterocycles. The van der Waals surface area contributed by atoms with Crippen LogP contribution in [0.1, 0.15) is 64.5 Å². The fraction of sp³-hybridized carbons (Fsp3) is 0.455. The van der Waals surface area contributed by atoms with E-state index < -0.39 is 11.9 Å². The minimum absolute atomic E-state index is 0.0840. The molecule has 1 heterocycles. The number of amides is 1. The number of piperidine rings is 1. The van der Waals surface area contributed by atoms with Crippen molar-refractivity contribution in [1.29, 1.82) is 5.41 Å². The number of likely N-dealkylation sites (tertiary alicyclic amines) is 1. The number of carbonyl (C=O) groups is 1. The van der Waals surface area contributed by atoms with E-state index in [-0.39, 0.29) is 22.6 Å². The lowest BCUT2D eigenvalue weighted by atomic mass is 9.88. The van der Waals surface area contributed by atoms with E-state index in [1.807, 2.05) is 25.2 Å². The van der Waals surface area contributed by atoms with Crippen molar-refractivity contribution in [2.45, 2.75) is 65.0 Å². The third-order valence-electron chi connectivity index (χ3n) is 7.95. The van der Waals surface area contributed by atoms with Gasteiger partial charge in [0.05, 0.1) is 11.6 Å². The zero-order valence-electron chi connectivity index (χ0n) is 24.1. The summed E-state index contributed by atoms with van der Waals surface area (Å²) >= 11 is 12.5. The van der Waals surface area contributed by atoms with E-state index in [4.69, 9.17) is 33.3 Å². The van der Waals surface area contributed by atoms with E-state index >= 15 is 0 Å². The Morgan fingerprint density at radius 1 is 1.27 bits per heavy atom. The topological polar surface area (TPSA) is 65.4 Å². The number of ether oxygens (including phenoxy) is 1. The molecule has 2 unspecified atom stereocenters. The van der Waals surface area contributed by atoms with Crippen molar-refractivity contribution < 1.29 is 13.9 Å². The van der Waals surface area contributed by atoms with Gasteiger partial charge in [-0.15, -0.1) is 0 Å². The summed E-state index contributed by atoms with van der Waals surface area (Å²) in [5.41, 5.74) is 3.41. The molecule has 1 saturated carbocycles. The summed E-state index contributed by atoms with van der Waals surface area (Å²) in [5, 5.41) is 11.9. The van der Waals surface area contributed by atoms with E-state index in [0.29, 0.717) is 40.4 Å². The largest absolute Gasteiger partial charge is 0.484 e. The van der Waals surface area contributed by atoms with Crippen LogP contribution in [0.2, 0.25) is 10.0 Å². The van der Waals surface area contributed by atoms with Crippen LogP contribution in [-0.4, -0.2) is 42.2 Å². The van der Waals surface area contributed by atoms with Crippen molar-refractivity contribution in [1.82, 2.24) is 10.2 Å². The molecule has 2 atom stereocenters. The molecular weight excluding hydrogens is 560 g/mol. The van der Waals surface area contributed by atoms with Gasteiger partial charge in [-0.05, 0) is 101 Å². The first kappa shape index (κ1) is 31.3. The van der Waals surface area contributed by atoms with Crippen LogP contribution >= 0.6 is 23.2 Å². The number of halogens is 3. The van der Waals surface area contributed by atoms with Crippen LogP contribution < -0.4 is 5.32 Å². The average Bonchev–Trinajstić information content (AvgIpc) is 3.76. The van der Waals surface area contributed by atoms with Crippen LogP contribution in [-0.2, 0) is 9.53 Å². The van der Waals surface area contributed by atoms with Crippen molar-refractivity contribution in [2.24, 2.45) is 11.8 Å². The molecule has 2 aliphatic carbocycles. The quantitative estimate of drug-likeness (QED) is 0.211. The predicted octanol–water partition coefficient (Wildman–Crippen LogP) is 8.13. The Labute approximate surface area is 253 Å². The molecule has 3 aliphatic rings. The lowest BCUT2D eigenvalue weighted by Gasteiger charge is -2.31. The summed E-state index contributed by atoms with van der Waals surface area (Å²) in [6.45, 7) is 12.3. The van der Waals surface area contributed by atoms with Crippen LogP contribution in [0.25, 0.3) is 0 Å². The first-order valence-electron chi connectivity index (χ1n) is 14.4. The fourth-order valence-electron chi connectivity index (χ4n) is 5.46. The molecule has 1 amide bonds. The summed E-state index contributed by atoms with van der Waals surface area (Å²) in [6.07, 6.45) is 14.8. The maximum absolute atomic E-state index is 14.2. The molecule has 1 aromatic rings. The highest BCUT2D eigenvalue weighted by molar-refractivity contribution is 6.36. The number of carbonyl (C=O) groups excluding carboxylic acids is 1. The van der Waals surface area contributed by atoms with Crippen molar-refractivity contribution in [3.8, 4) is 0 Å². The second-order valence-electron chi connectivity index (χ2n) is 11.4. The maximum atomic E-state index is 14.2. The SMILES string of the molecule is C=C1C=CC(C(=CC)/C=C(/C)CC2CCN(CC(=O)NC3CC3)CC2)C=C(OC(C)c2c(Cl)ccc(F)c2Cl)C1=N. The maximum Gasteiger partial charge on any atom is 0.234 e. The molecule has 2 fully saturated rings. The van der Waals surface area contributed by atoms with Gasteiger partial charge in [0, 0.05) is 22.5 Å². The Kier molecular flexibility index (Phi) is 10.7. The van der Waals surface area contributed by atoms with Gasteiger partial charge in [0.25, 0.3) is 0 Å². The average molecular weight is 601 g/mol. The minimum atomic E-state index is -0.680. The minimum Gasteiger partial charge on any atom is -0.484 e. The van der Waals surface area contributed by atoms with Gasteiger partial charge in [-0.3, -0.25) is 15.1 Å². The molecule has 0 spiro atoms. The van der Waals surface area contributed by atoms with Crippen LogP contribution in [0.15, 0.2) is 71.6 Å². The van der Waals surface area contributed by atoms with Crippen molar-refractivity contribution in [3.63, 3.8) is 0 Å². The molecule has 0 bridgehead atoms. The van der Waals surface area contributed by atoms with Gasteiger partial charge < -0.3 is 10.1 Å². The number of benzene rings is 1. The van der Waals surface area contributed by atoms with Crippen LogP contribution in [0.5, 0.6) is 0 Å². The summed E-state index contributed by atoms with van der Waals surface area (Å²) in [7, 11) is 0. The van der Waals surface area contributed by atoms with Crippen LogP contribution in [0.3, 0.4) is 0 Å². The van der Waals surface area contributed by atoms with Gasteiger partial charge >= 0.3 is 0 Å². The van der Waals surface area contributed by atoms with Gasteiger partial charge in [-0.2, -0.15) is 0 Å². The summed E-state index contributed by atoms with van der Waals surface area (Å²) in [5.74, 6) is 0.372. The third-order valence-corrected chi connectivity index (χ3v) is 8.67. The first-order chi connectivity index (χ1) is 19.5. The highest BCUT2D eigenvalue weighted by Gasteiger charge is 2.27. The first-order valence-corrected chi connectivity index (χ1v) is 15.1. The Hall–Kier alpha value is -2.67. The molecular formula is C33H40Cl2FN3O2. The normalized spacial score (nSPS) is 21.9. The Bertz CT molecular complexity index is 1300. The summed E-state index contributed by atoms with van der Waals surface area (Å²) in [4.78, 5) is 14.4. The smallest absolute Gasteiger partial charge is 0.234 e. The molecule has 8 heteroatoms. The second-order valence-corrected chi connectivity index (χ2v) is 12.2. The van der Waals surface area contributed by atoms with Crippen molar-refractivity contribution in [3.05, 3.63) is 93.0 Å². The third kappa shape index (κ3) is 8.43. The Morgan fingerprint density at radius 3 is 2.63 bits per heavy atom. The van der Waals surface area contributed by atoms with Gasteiger partial charge in [-0.25, -0.2) is 4.39 Å². The van der Waals surface area contributed by atoms with E-state index in [1.165, 1.54) is 17.7 Å². The highest BCUT2D eigenvalue weighted by atomic mass is 35.5. The molecule has 2 N–H and O–H groups in total. The zero-order chi connectivity index (χ0) is 29.7. The van der Waals surface area contributed by atoms with Crippen molar-refractivity contribution in [2.75, 3.05) is 19.6 Å². The standard InChI is InChI=1S/C33H40Cl2FN3O2/c1-5-24(17-20(2)16-23-12-14-39(15-13-23)19-30(40)38-26-8-9-26)25-7-6-21(3)33(37)29(18-25)41-22(4)31-27(34)10-11-28(36)32(31)35/h5-7,10-11,17-18,22-23,25-26,37H,3,8-9,12-16,19H2,1-2,4H3,(H,38,40)/b20-17-,24-5?,37-33?. The second kappa shape index (κ2) is 14.0. The molecule has 5 nitrogen and oxygen atoms in total. The molecule has 0 radical (unpaired) electrons. The molecule has 4 rings (SSSR count). The van der Waals surface area contributed by atoms with Crippen molar-refractivity contribution >= 4 is 34.8 Å². The van der Waals surface area contributed by atoms with Gasteiger partial charge in [-0.1, -0.05) is 59.7 Å². The number of nitrogens with one attached hydrogen (secondary N) is 2. The monoisotopic (exact) mass is 599 g/mol. The molecule has 220 valence electrons. The van der Waals surface area contributed by atoms with E-state index in [9.17, 15) is 9.18 Å². The molecule has 1 aliphatic heterocycles. The van der Waals surface area contributed by atoms with Crippen LogP contribution in [0, 0.1) is 23.1 Å². The number of hydrogen-bond donors (Lipinski definition) is 2. The van der Waals surface area contributed by atoms with Gasteiger partial charge in [0.15, 0.2) is 0 Å². The van der Waals surface area contributed by atoms with Gasteiger partial charge in [0.2, 0.25) is 5.91 Å². The number of nitrogens with zero attached hydrogens (tertiary/aromatic N) is 1. The van der Waals surface area contributed by atoms with E-state index in [0.717, 1.165) is 50.8 Å². The lowest BCUT2D eigenvalue weighted by molar-refractivity contribution is -0.122. The fourth-order valence-corrected chi connectivity index (χ4v) is 6.14. The Morgan fingerprint density at radius 2 is 1.98 bits per heavy atom. The molecule has 41 heavy (non-hydrogen) atoms. The van der Waals surface area contributed by atoms with E-state index in [1.54, 1.807) is 6.92 Å². The molecule has 1 saturated heterocycles. The van der Waals surface area contributed by atoms with Gasteiger partial charge in [0.1, 0.15) is 23.4 Å².